The van der Waals surface area contributed by atoms with Gasteiger partial charge in [0.25, 0.3) is 0 Å². The van der Waals surface area contributed by atoms with Crippen molar-refractivity contribution in [2.75, 3.05) is 0 Å². The van der Waals surface area contributed by atoms with Gasteiger partial charge in [-0.3, -0.25) is 0 Å². The minimum absolute atomic E-state index is 1.04. The van der Waals surface area contributed by atoms with Gasteiger partial charge in [-0.25, -0.2) is 0 Å². The Balaban J connectivity index is 0.000000132. The Morgan fingerprint density at radius 2 is 0.706 bits per heavy atom. The molecule has 3 fully saturated rings. The van der Waals surface area contributed by atoms with E-state index >= 15 is 0 Å². The quantitative estimate of drug-likeness (QED) is 0.471. The fourth-order valence-corrected chi connectivity index (χ4v) is 2.60. The van der Waals surface area contributed by atoms with Gasteiger partial charge in [0.1, 0.15) is 0 Å². The highest BCUT2D eigenvalue weighted by Crippen LogP contribution is 2.26. The molecule has 17 heavy (non-hydrogen) atoms. The molecule has 0 heterocycles. The molecule has 0 heteroatoms. The average Bonchev–Trinajstić information content (AvgIpc) is 2.94. The largest absolute Gasteiger partial charge is 0.0625 e. The van der Waals surface area contributed by atoms with E-state index in [0.717, 1.165) is 17.8 Å². The highest BCUT2D eigenvalue weighted by molar-refractivity contribution is 4.65. The van der Waals surface area contributed by atoms with Crippen molar-refractivity contribution >= 4 is 0 Å². The third-order valence-corrected chi connectivity index (χ3v) is 4.40. The van der Waals surface area contributed by atoms with Crippen LogP contribution in [0.1, 0.15) is 91.4 Å². The molecule has 0 bridgehead atoms. The summed E-state index contributed by atoms with van der Waals surface area (Å²) < 4.78 is 0. The van der Waals surface area contributed by atoms with E-state index in [0.29, 0.717) is 0 Å². The molecule has 0 spiro atoms. The minimum atomic E-state index is 1.04. The molecule has 0 atom stereocenters. The SMILES string of the molecule is CC1CC1.CC1CCCC1.CC1CCCCC1. The molecule has 0 aromatic heterocycles. The highest BCUT2D eigenvalue weighted by Gasteiger charge is 2.12. The molecule has 0 unspecified atom stereocenters. The van der Waals surface area contributed by atoms with Crippen molar-refractivity contribution in [3.63, 3.8) is 0 Å². The first kappa shape index (κ1) is 15.1. The van der Waals surface area contributed by atoms with Crippen LogP contribution in [-0.2, 0) is 0 Å². The van der Waals surface area contributed by atoms with Crippen LogP contribution in [0.2, 0.25) is 0 Å². The molecule has 0 aromatic rings. The lowest BCUT2D eigenvalue weighted by Crippen LogP contribution is -1.99. The first-order valence-corrected chi connectivity index (χ1v) is 8.18. The zero-order chi connectivity index (χ0) is 12.5. The molecule has 0 nitrogen and oxygen atoms in total. The maximum absolute atomic E-state index is 2.36. The van der Waals surface area contributed by atoms with Crippen molar-refractivity contribution in [2.24, 2.45) is 17.8 Å². The molecule has 0 N–H and O–H groups in total. The number of rotatable bonds is 0. The van der Waals surface area contributed by atoms with Gasteiger partial charge in [0.2, 0.25) is 0 Å². The van der Waals surface area contributed by atoms with Gasteiger partial charge in [-0.05, 0) is 17.8 Å². The van der Waals surface area contributed by atoms with E-state index in [2.05, 4.69) is 20.8 Å². The predicted octanol–water partition coefficient (Wildman–Crippen LogP) is 6.20. The third-order valence-electron chi connectivity index (χ3n) is 4.40. The minimum Gasteiger partial charge on any atom is -0.0625 e. The van der Waals surface area contributed by atoms with Gasteiger partial charge in [0, 0.05) is 0 Å². The zero-order valence-electron chi connectivity index (χ0n) is 12.5. The van der Waals surface area contributed by atoms with Crippen LogP contribution in [0.3, 0.4) is 0 Å². The maximum Gasteiger partial charge on any atom is -0.0443 e. The van der Waals surface area contributed by atoms with Gasteiger partial charge in [-0.2, -0.15) is 0 Å². The van der Waals surface area contributed by atoms with Crippen molar-refractivity contribution in [3.05, 3.63) is 0 Å². The van der Waals surface area contributed by atoms with Crippen LogP contribution >= 0.6 is 0 Å². The zero-order valence-corrected chi connectivity index (χ0v) is 12.5. The van der Waals surface area contributed by atoms with Crippen LogP contribution in [-0.4, -0.2) is 0 Å². The summed E-state index contributed by atoms with van der Waals surface area (Å²) in [6.45, 7) is 6.98. The molecule has 0 saturated heterocycles. The second-order valence-electron chi connectivity index (χ2n) is 6.82. The van der Waals surface area contributed by atoms with Crippen molar-refractivity contribution < 1.29 is 0 Å². The molecule has 0 aromatic carbocycles. The summed E-state index contributed by atoms with van der Waals surface area (Å²) in [5.41, 5.74) is 0. The molecule has 3 aliphatic carbocycles. The second-order valence-corrected chi connectivity index (χ2v) is 6.82. The molecule has 3 aliphatic rings. The lowest BCUT2D eigenvalue weighted by Gasteiger charge is -2.15. The van der Waals surface area contributed by atoms with Gasteiger partial charge in [-0.15, -0.1) is 0 Å². The van der Waals surface area contributed by atoms with Crippen LogP contribution in [0.25, 0.3) is 0 Å². The van der Waals surface area contributed by atoms with Crippen LogP contribution < -0.4 is 0 Å². The van der Waals surface area contributed by atoms with Crippen LogP contribution in [0.15, 0.2) is 0 Å². The number of hydrogen-bond acceptors (Lipinski definition) is 0. The fraction of sp³-hybridized carbons (Fsp3) is 1.00. The maximum atomic E-state index is 2.36. The second kappa shape index (κ2) is 9.00. The molecule has 0 amide bonds. The molecule has 3 saturated carbocycles. The summed E-state index contributed by atoms with van der Waals surface area (Å²) in [6.07, 6.45) is 16.4. The lowest BCUT2D eigenvalue weighted by atomic mass is 9.91. The van der Waals surface area contributed by atoms with Gasteiger partial charge < -0.3 is 0 Å². The highest BCUT2D eigenvalue weighted by atomic mass is 14.2. The van der Waals surface area contributed by atoms with Crippen LogP contribution in [0, 0.1) is 17.8 Å². The summed E-state index contributed by atoms with van der Waals surface area (Å²) in [7, 11) is 0. The smallest absolute Gasteiger partial charge is 0.0443 e. The normalized spacial score (nSPS) is 25.6. The van der Waals surface area contributed by atoms with Gasteiger partial charge in [0.05, 0.1) is 0 Å². The van der Waals surface area contributed by atoms with E-state index in [4.69, 9.17) is 0 Å². The summed E-state index contributed by atoms with van der Waals surface area (Å²) >= 11 is 0. The Labute approximate surface area is 110 Å². The molecule has 0 radical (unpaired) electrons. The van der Waals surface area contributed by atoms with Crippen molar-refractivity contribution in [1.29, 1.82) is 0 Å². The van der Waals surface area contributed by atoms with Crippen molar-refractivity contribution in [1.82, 2.24) is 0 Å². The summed E-state index contributed by atoms with van der Waals surface area (Å²) in [5.74, 6) is 3.17. The average molecular weight is 238 g/mol. The standard InChI is InChI=1S/C7H14.C6H12.C4H8/c1-7-5-3-2-4-6-7;1-6-4-2-3-5-6;1-4-2-3-4/h7H,2-6H2,1H3;6H,2-5H2,1H3;4H,2-3H2,1H3. The Morgan fingerprint density at radius 1 is 0.412 bits per heavy atom. The predicted molar refractivity (Wildman–Crippen MR) is 78.3 cm³/mol. The van der Waals surface area contributed by atoms with Gasteiger partial charge in [0.15, 0.2) is 0 Å². The first-order chi connectivity index (χ1) is 8.18. The molecule has 0 aliphatic heterocycles. The van der Waals surface area contributed by atoms with E-state index in [-0.39, 0.29) is 0 Å². The Kier molecular flexibility index (Phi) is 7.97. The molecular weight excluding hydrogens is 204 g/mol. The molecule has 3 rings (SSSR count). The Morgan fingerprint density at radius 3 is 0.824 bits per heavy atom. The van der Waals surface area contributed by atoms with Gasteiger partial charge >= 0.3 is 0 Å². The van der Waals surface area contributed by atoms with Crippen molar-refractivity contribution in [3.8, 4) is 0 Å². The first-order valence-electron chi connectivity index (χ1n) is 8.18. The van der Waals surface area contributed by atoms with E-state index in [1.165, 1.54) is 70.6 Å². The molecule has 102 valence electrons. The van der Waals surface area contributed by atoms with Crippen LogP contribution in [0.4, 0.5) is 0 Å². The third kappa shape index (κ3) is 9.68. The summed E-state index contributed by atoms with van der Waals surface area (Å²) in [6, 6.07) is 0. The van der Waals surface area contributed by atoms with E-state index in [1.807, 2.05) is 0 Å². The fourth-order valence-electron chi connectivity index (χ4n) is 2.60. The Bertz CT molecular complexity index is 157. The monoisotopic (exact) mass is 238 g/mol. The molecular formula is C17H34. The topological polar surface area (TPSA) is 0 Å². The Hall–Kier alpha value is 0. The number of hydrogen-bond donors (Lipinski definition) is 0. The van der Waals surface area contributed by atoms with E-state index < -0.39 is 0 Å². The van der Waals surface area contributed by atoms with Crippen LogP contribution in [0.5, 0.6) is 0 Å². The van der Waals surface area contributed by atoms with E-state index in [9.17, 15) is 0 Å². The summed E-state index contributed by atoms with van der Waals surface area (Å²) in [5, 5.41) is 0. The summed E-state index contributed by atoms with van der Waals surface area (Å²) in [4.78, 5) is 0. The lowest BCUT2D eigenvalue weighted by molar-refractivity contribution is 0.385. The van der Waals surface area contributed by atoms with E-state index in [1.54, 1.807) is 0 Å². The van der Waals surface area contributed by atoms with Crippen molar-refractivity contribution in [2.45, 2.75) is 91.4 Å². The van der Waals surface area contributed by atoms with Gasteiger partial charge in [-0.1, -0.05) is 91.4 Å².